The first-order valence-electron chi connectivity index (χ1n) is 9.14. The number of benzene rings is 3. The first-order valence-corrected chi connectivity index (χ1v) is 9.93. The van der Waals surface area contributed by atoms with E-state index in [9.17, 15) is 19.7 Å². The first kappa shape index (κ1) is 19.8. The largest absolute Gasteiger partial charge is 0.324 e. The summed E-state index contributed by atoms with van der Waals surface area (Å²) in [6, 6.07) is 19.8. The molecule has 2 amide bonds. The zero-order valence-corrected chi connectivity index (χ0v) is 17.2. The lowest BCUT2D eigenvalue weighted by molar-refractivity contribution is -0.384. The zero-order valence-electron chi connectivity index (χ0n) is 15.6. The normalized spacial score (nSPS) is 15.7. The topological polar surface area (TPSA) is 92.5 Å². The van der Waals surface area contributed by atoms with Crippen molar-refractivity contribution in [3.8, 4) is 0 Å². The van der Waals surface area contributed by atoms with Crippen LogP contribution in [0.4, 0.5) is 11.4 Å². The average molecular weight is 466 g/mol. The summed E-state index contributed by atoms with van der Waals surface area (Å²) in [6.07, 6.45) is 0. The van der Waals surface area contributed by atoms with E-state index in [0.29, 0.717) is 5.69 Å². The Balaban J connectivity index is 1.84. The van der Waals surface area contributed by atoms with Gasteiger partial charge in [-0.05, 0) is 35.9 Å². The molecule has 1 aliphatic heterocycles. The third kappa shape index (κ3) is 3.81. The predicted octanol–water partition coefficient (Wildman–Crippen LogP) is 4.54. The Morgan fingerprint density at radius 1 is 1.07 bits per heavy atom. The van der Waals surface area contributed by atoms with Crippen LogP contribution < -0.4 is 5.32 Å². The van der Waals surface area contributed by atoms with E-state index < -0.39 is 11.0 Å². The quantitative estimate of drug-likeness (QED) is 0.453. The van der Waals surface area contributed by atoms with Crippen molar-refractivity contribution in [2.75, 3.05) is 11.9 Å². The molecule has 1 aliphatic rings. The molecule has 1 heterocycles. The molecule has 150 valence electrons. The van der Waals surface area contributed by atoms with E-state index >= 15 is 0 Å². The van der Waals surface area contributed by atoms with E-state index in [1.165, 1.54) is 29.2 Å². The van der Waals surface area contributed by atoms with Crippen LogP contribution in [0.5, 0.6) is 0 Å². The number of amides is 2. The highest BCUT2D eigenvalue weighted by atomic mass is 79.9. The Morgan fingerprint density at radius 2 is 1.77 bits per heavy atom. The molecule has 1 atom stereocenters. The number of hydrogen-bond donors (Lipinski definition) is 1. The molecule has 1 N–H and O–H groups in total. The number of nitro groups is 1. The standard InChI is InChI=1S/C22H16BrN3O4/c23-16-8-11-19-18(12-16)21(14-4-2-1-3-5-14)25(13-20(27)24-19)22(28)15-6-9-17(10-7-15)26(29)30/h1-12,21H,13H2,(H,24,27)/t21-/m0/s1. The van der Waals surface area contributed by atoms with Gasteiger partial charge in [0.05, 0.1) is 11.0 Å². The highest BCUT2D eigenvalue weighted by Gasteiger charge is 2.34. The van der Waals surface area contributed by atoms with Gasteiger partial charge in [-0.25, -0.2) is 0 Å². The van der Waals surface area contributed by atoms with Crippen LogP contribution in [0, 0.1) is 10.1 Å². The van der Waals surface area contributed by atoms with E-state index in [1.807, 2.05) is 42.5 Å². The molecule has 4 rings (SSSR count). The van der Waals surface area contributed by atoms with Gasteiger partial charge in [0, 0.05) is 33.4 Å². The fourth-order valence-electron chi connectivity index (χ4n) is 3.55. The maximum Gasteiger partial charge on any atom is 0.269 e. The van der Waals surface area contributed by atoms with Gasteiger partial charge >= 0.3 is 0 Å². The molecule has 0 radical (unpaired) electrons. The molecule has 0 saturated carbocycles. The summed E-state index contributed by atoms with van der Waals surface area (Å²) >= 11 is 3.47. The minimum atomic E-state index is -0.520. The van der Waals surface area contributed by atoms with E-state index in [2.05, 4.69) is 21.2 Å². The second kappa shape index (κ2) is 8.08. The Labute approximate surface area is 180 Å². The molecule has 0 unspecified atom stereocenters. The number of nitro benzene ring substituents is 1. The van der Waals surface area contributed by atoms with Crippen LogP contribution in [0.1, 0.15) is 27.5 Å². The van der Waals surface area contributed by atoms with Crippen LogP contribution in [0.15, 0.2) is 77.3 Å². The molecule has 0 aromatic heterocycles. The maximum atomic E-state index is 13.4. The SMILES string of the molecule is O=C1CN(C(=O)c2ccc([N+](=O)[O-])cc2)[C@@H](c2ccccc2)c2cc(Br)ccc2N1. The Bertz CT molecular complexity index is 1130. The third-order valence-corrected chi connectivity index (χ3v) is 5.40. The van der Waals surface area contributed by atoms with Crippen molar-refractivity contribution in [3.05, 3.63) is 104 Å². The van der Waals surface area contributed by atoms with Crippen molar-refractivity contribution in [3.63, 3.8) is 0 Å². The molecule has 3 aromatic rings. The molecule has 3 aromatic carbocycles. The number of anilines is 1. The molecule has 0 aliphatic carbocycles. The lowest BCUT2D eigenvalue weighted by Crippen LogP contribution is -2.39. The summed E-state index contributed by atoms with van der Waals surface area (Å²) in [6.45, 7) is -0.151. The minimum Gasteiger partial charge on any atom is -0.324 e. The molecular weight excluding hydrogens is 450 g/mol. The number of fused-ring (bicyclic) bond motifs is 1. The highest BCUT2D eigenvalue weighted by molar-refractivity contribution is 9.10. The van der Waals surface area contributed by atoms with Crippen molar-refractivity contribution >= 4 is 39.1 Å². The fourth-order valence-corrected chi connectivity index (χ4v) is 3.93. The van der Waals surface area contributed by atoms with Gasteiger partial charge in [0.15, 0.2) is 0 Å². The van der Waals surface area contributed by atoms with Gasteiger partial charge in [-0.15, -0.1) is 0 Å². The van der Waals surface area contributed by atoms with Gasteiger partial charge in [-0.1, -0.05) is 46.3 Å². The first-order chi connectivity index (χ1) is 14.4. The number of nitrogens with one attached hydrogen (secondary N) is 1. The van der Waals surface area contributed by atoms with Crippen molar-refractivity contribution < 1.29 is 14.5 Å². The molecule has 0 bridgehead atoms. The molecule has 0 fully saturated rings. The van der Waals surface area contributed by atoms with E-state index in [0.717, 1.165) is 15.6 Å². The van der Waals surface area contributed by atoms with Crippen LogP contribution in [-0.4, -0.2) is 28.2 Å². The summed E-state index contributed by atoms with van der Waals surface area (Å²) in [7, 11) is 0. The van der Waals surface area contributed by atoms with E-state index in [-0.39, 0.29) is 29.6 Å². The maximum absolute atomic E-state index is 13.4. The van der Waals surface area contributed by atoms with Gasteiger partial charge < -0.3 is 10.2 Å². The molecule has 7 nitrogen and oxygen atoms in total. The predicted molar refractivity (Wildman–Crippen MR) is 115 cm³/mol. The van der Waals surface area contributed by atoms with Crippen LogP contribution >= 0.6 is 15.9 Å². The zero-order chi connectivity index (χ0) is 21.3. The van der Waals surface area contributed by atoms with Gasteiger partial charge in [0.1, 0.15) is 6.54 Å². The summed E-state index contributed by atoms with van der Waals surface area (Å²) in [5.74, 6) is -0.700. The second-order valence-corrected chi connectivity index (χ2v) is 7.75. The van der Waals surface area contributed by atoms with Crippen LogP contribution in [-0.2, 0) is 4.79 Å². The number of halogens is 1. The van der Waals surface area contributed by atoms with Crippen molar-refractivity contribution in [2.45, 2.75) is 6.04 Å². The van der Waals surface area contributed by atoms with Crippen molar-refractivity contribution in [2.24, 2.45) is 0 Å². The van der Waals surface area contributed by atoms with Crippen molar-refractivity contribution in [1.82, 2.24) is 4.90 Å². The molecular formula is C22H16BrN3O4. The summed E-state index contributed by atoms with van der Waals surface area (Å²) in [5.41, 5.74) is 2.43. The number of nitrogens with zero attached hydrogens (tertiary/aromatic N) is 2. The number of carbonyl (C=O) groups is 2. The van der Waals surface area contributed by atoms with Crippen LogP contribution in [0.2, 0.25) is 0 Å². The molecule has 8 heteroatoms. The van der Waals surface area contributed by atoms with Crippen LogP contribution in [0.3, 0.4) is 0 Å². The summed E-state index contributed by atoms with van der Waals surface area (Å²) in [4.78, 5) is 37.9. The fraction of sp³-hybridized carbons (Fsp3) is 0.0909. The number of non-ortho nitro benzene ring substituents is 1. The van der Waals surface area contributed by atoms with Gasteiger partial charge in [0.25, 0.3) is 11.6 Å². The average Bonchev–Trinajstić information content (AvgIpc) is 2.89. The minimum absolute atomic E-state index is 0.103. The Morgan fingerprint density at radius 3 is 2.43 bits per heavy atom. The van der Waals surface area contributed by atoms with Crippen LogP contribution in [0.25, 0.3) is 0 Å². The second-order valence-electron chi connectivity index (χ2n) is 6.83. The van der Waals surface area contributed by atoms with Gasteiger partial charge in [-0.2, -0.15) is 0 Å². The van der Waals surface area contributed by atoms with Gasteiger partial charge in [-0.3, -0.25) is 19.7 Å². The smallest absolute Gasteiger partial charge is 0.269 e. The Kier molecular flexibility index (Phi) is 5.33. The lowest BCUT2D eigenvalue weighted by Gasteiger charge is -2.30. The Hall–Kier alpha value is -3.52. The highest BCUT2D eigenvalue weighted by Crippen LogP contribution is 2.38. The van der Waals surface area contributed by atoms with E-state index in [1.54, 1.807) is 6.07 Å². The molecule has 30 heavy (non-hydrogen) atoms. The molecule has 0 saturated heterocycles. The number of rotatable bonds is 3. The van der Waals surface area contributed by atoms with Gasteiger partial charge in [0.2, 0.25) is 5.91 Å². The lowest BCUT2D eigenvalue weighted by atomic mass is 9.95. The van der Waals surface area contributed by atoms with E-state index in [4.69, 9.17) is 0 Å². The third-order valence-electron chi connectivity index (χ3n) is 4.91. The summed E-state index contributed by atoms with van der Waals surface area (Å²) < 4.78 is 0.820. The van der Waals surface area contributed by atoms with Crippen molar-refractivity contribution in [1.29, 1.82) is 0 Å². The summed E-state index contributed by atoms with van der Waals surface area (Å²) in [5, 5.41) is 13.8. The monoisotopic (exact) mass is 465 g/mol. The number of carbonyl (C=O) groups excluding carboxylic acids is 2. The molecule has 0 spiro atoms. The number of hydrogen-bond acceptors (Lipinski definition) is 4.